The summed E-state index contributed by atoms with van der Waals surface area (Å²) in [6, 6.07) is 18.2. The first-order valence-corrected chi connectivity index (χ1v) is 13.1. The van der Waals surface area contributed by atoms with Crippen molar-refractivity contribution in [2.45, 2.75) is 57.9 Å². The van der Waals surface area contributed by atoms with Gasteiger partial charge in [-0.15, -0.1) is 0 Å². The number of rotatable bonds is 10. The molecule has 0 spiro atoms. The number of carboxylic acids is 1. The molecule has 1 heterocycles. The third-order valence-electron chi connectivity index (χ3n) is 7.08. The average molecular weight is 519 g/mol. The summed E-state index contributed by atoms with van der Waals surface area (Å²) in [5, 5.41) is 15.9. The predicted molar refractivity (Wildman–Crippen MR) is 147 cm³/mol. The molecule has 1 aliphatic heterocycles. The fourth-order valence-corrected chi connectivity index (χ4v) is 5.12. The lowest BCUT2D eigenvalue weighted by atomic mass is 9.83. The number of amides is 1. The summed E-state index contributed by atoms with van der Waals surface area (Å²) in [5.41, 5.74) is 5.45. The Labute approximate surface area is 223 Å². The minimum Gasteiger partial charge on any atom is -0.481 e. The van der Waals surface area contributed by atoms with Crippen LogP contribution in [0.15, 0.2) is 60.7 Å². The quantitative estimate of drug-likeness (QED) is 0.301. The molecule has 3 aromatic carbocycles. The van der Waals surface area contributed by atoms with Crippen molar-refractivity contribution >= 4 is 23.3 Å². The van der Waals surface area contributed by atoms with E-state index in [0.29, 0.717) is 50.0 Å². The van der Waals surface area contributed by atoms with Gasteiger partial charge < -0.3 is 20.5 Å². The molecule has 7 heteroatoms. The van der Waals surface area contributed by atoms with Crippen LogP contribution < -0.4 is 10.6 Å². The number of halogens is 1. The maximum absolute atomic E-state index is 13.8. The fraction of sp³-hybridized carbons (Fsp3) is 0.355. The molecule has 4 rings (SSSR count). The van der Waals surface area contributed by atoms with E-state index in [1.54, 1.807) is 12.1 Å². The van der Waals surface area contributed by atoms with Gasteiger partial charge in [-0.3, -0.25) is 9.59 Å². The molecule has 0 saturated carbocycles. The van der Waals surface area contributed by atoms with E-state index >= 15 is 0 Å². The molecule has 0 bridgehead atoms. The monoisotopic (exact) mass is 518 g/mol. The van der Waals surface area contributed by atoms with Crippen LogP contribution in [0, 0.1) is 19.7 Å². The summed E-state index contributed by atoms with van der Waals surface area (Å²) in [6.45, 7) is 5.12. The highest BCUT2D eigenvalue weighted by molar-refractivity contribution is 5.97. The number of hydrogen-bond acceptors (Lipinski definition) is 4. The van der Waals surface area contributed by atoms with E-state index in [2.05, 4.69) is 16.7 Å². The van der Waals surface area contributed by atoms with Gasteiger partial charge in [0.05, 0.1) is 0 Å². The maximum Gasteiger partial charge on any atom is 0.303 e. The van der Waals surface area contributed by atoms with Gasteiger partial charge in [-0.05, 0) is 105 Å². The Balaban J connectivity index is 1.59. The largest absolute Gasteiger partial charge is 0.481 e. The topological polar surface area (TPSA) is 87.7 Å². The Morgan fingerprint density at radius 2 is 1.68 bits per heavy atom. The predicted octanol–water partition coefficient (Wildman–Crippen LogP) is 6.12. The summed E-state index contributed by atoms with van der Waals surface area (Å²) in [4.78, 5) is 25.1. The van der Waals surface area contributed by atoms with Crippen LogP contribution in [0.5, 0.6) is 0 Å². The molecular weight excluding hydrogens is 483 g/mol. The van der Waals surface area contributed by atoms with Gasteiger partial charge in [-0.25, -0.2) is 4.39 Å². The fourth-order valence-electron chi connectivity index (χ4n) is 5.12. The Bertz CT molecular complexity index is 1280. The molecule has 3 aromatic rings. The molecule has 6 nitrogen and oxygen atoms in total. The summed E-state index contributed by atoms with van der Waals surface area (Å²) in [6.07, 6.45) is 2.76. The van der Waals surface area contributed by atoms with E-state index in [4.69, 9.17) is 4.74 Å². The standard InChI is InChI=1S/C31H35FN2O4/c1-21-16-22(2)18-27(17-21)33-26-8-6-24(7-9-29(35)36)28(20-26)30(37)34-31(12-14-38-15-13-31)11-10-23-4-3-5-25(32)19-23/h3-6,8,16-20,33H,7,9-15H2,1-2H3,(H,34,37)(H,35,36). The Hall–Kier alpha value is -3.71. The lowest BCUT2D eigenvalue weighted by Crippen LogP contribution is -2.52. The van der Waals surface area contributed by atoms with Gasteiger partial charge in [-0.1, -0.05) is 24.3 Å². The number of benzene rings is 3. The van der Waals surface area contributed by atoms with Gasteiger partial charge in [-0.2, -0.15) is 0 Å². The number of nitrogens with one attached hydrogen (secondary N) is 2. The minimum atomic E-state index is -0.912. The molecule has 38 heavy (non-hydrogen) atoms. The van der Waals surface area contributed by atoms with Gasteiger partial charge >= 0.3 is 5.97 Å². The number of hydrogen-bond donors (Lipinski definition) is 3. The molecule has 0 radical (unpaired) electrons. The molecule has 0 unspecified atom stereocenters. The van der Waals surface area contributed by atoms with Crippen LogP contribution in [0.1, 0.15) is 58.3 Å². The number of ether oxygens (including phenoxy) is 1. The van der Waals surface area contributed by atoms with Gasteiger partial charge in [0.25, 0.3) is 5.91 Å². The summed E-state index contributed by atoms with van der Waals surface area (Å²) < 4.78 is 19.3. The van der Waals surface area contributed by atoms with Gasteiger partial charge in [0.15, 0.2) is 0 Å². The van der Waals surface area contributed by atoms with Crippen LogP contribution in [0.4, 0.5) is 15.8 Å². The molecular formula is C31H35FN2O4. The highest BCUT2D eigenvalue weighted by Crippen LogP contribution is 2.29. The zero-order valence-corrected chi connectivity index (χ0v) is 22.0. The van der Waals surface area contributed by atoms with Crippen LogP contribution in [0.3, 0.4) is 0 Å². The Morgan fingerprint density at radius 3 is 2.37 bits per heavy atom. The lowest BCUT2D eigenvalue weighted by molar-refractivity contribution is -0.136. The van der Waals surface area contributed by atoms with Crippen molar-refractivity contribution in [3.8, 4) is 0 Å². The van der Waals surface area contributed by atoms with Crippen molar-refractivity contribution in [1.29, 1.82) is 0 Å². The Kier molecular flexibility index (Phi) is 8.79. The first kappa shape index (κ1) is 27.3. The summed E-state index contributed by atoms with van der Waals surface area (Å²) in [7, 11) is 0. The Morgan fingerprint density at radius 1 is 0.947 bits per heavy atom. The van der Waals surface area contributed by atoms with Crippen LogP contribution in [-0.4, -0.2) is 35.7 Å². The van der Waals surface area contributed by atoms with Gasteiger partial charge in [0.2, 0.25) is 0 Å². The second kappa shape index (κ2) is 12.2. The molecule has 0 atom stereocenters. The highest BCUT2D eigenvalue weighted by atomic mass is 19.1. The molecule has 3 N–H and O–H groups in total. The summed E-state index contributed by atoms with van der Waals surface area (Å²) >= 11 is 0. The molecule has 1 amide bonds. The highest BCUT2D eigenvalue weighted by Gasteiger charge is 2.34. The van der Waals surface area contributed by atoms with Crippen molar-refractivity contribution in [2.24, 2.45) is 0 Å². The second-order valence-corrected chi connectivity index (χ2v) is 10.2. The number of carboxylic acid groups (broad SMARTS) is 1. The molecule has 0 aliphatic carbocycles. The molecule has 1 aliphatic rings. The van der Waals surface area contributed by atoms with Crippen molar-refractivity contribution in [2.75, 3.05) is 18.5 Å². The number of anilines is 2. The van der Waals surface area contributed by atoms with Crippen LogP contribution in [-0.2, 0) is 22.4 Å². The molecule has 1 fully saturated rings. The van der Waals surface area contributed by atoms with Crippen molar-refractivity contribution in [3.63, 3.8) is 0 Å². The molecule has 1 saturated heterocycles. The van der Waals surface area contributed by atoms with Crippen LogP contribution in [0.25, 0.3) is 0 Å². The third-order valence-corrected chi connectivity index (χ3v) is 7.08. The van der Waals surface area contributed by atoms with Gasteiger partial charge in [0.1, 0.15) is 5.82 Å². The van der Waals surface area contributed by atoms with Crippen LogP contribution >= 0.6 is 0 Å². The first-order chi connectivity index (χ1) is 18.2. The van der Waals surface area contributed by atoms with Crippen molar-refractivity contribution in [1.82, 2.24) is 5.32 Å². The van der Waals surface area contributed by atoms with E-state index in [9.17, 15) is 19.1 Å². The first-order valence-electron chi connectivity index (χ1n) is 13.1. The molecule has 200 valence electrons. The number of carbonyl (C=O) groups excluding carboxylic acids is 1. The average Bonchev–Trinajstić information content (AvgIpc) is 2.87. The number of aryl methyl sites for hydroxylation is 4. The van der Waals surface area contributed by atoms with Crippen molar-refractivity contribution < 1.29 is 23.8 Å². The number of carbonyl (C=O) groups is 2. The number of aliphatic carboxylic acids is 1. The second-order valence-electron chi connectivity index (χ2n) is 10.2. The van der Waals surface area contributed by atoms with Crippen LogP contribution in [0.2, 0.25) is 0 Å². The normalized spacial score (nSPS) is 14.6. The minimum absolute atomic E-state index is 0.0668. The molecule has 0 aromatic heterocycles. The SMILES string of the molecule is Cc1cc(C)cc(Nc2ccc(CCC(=O)O)c(C(=O)NC3(CCc4cccc(F)c4)CCOCC3)c2)c1. The van der Waals surface area contributed by atoms with E-state index in [0.717, 1.165) is 28.1 Å². The maximum atomic E-state index is 13.8. The summed E-state index contributed by atoms with van der Waals surface area (Å²) in [5.74, 6) is -1.43. The smallest absolute Gasteiger partial charge is 0.303 e. The van der Waals surface area contributed by atoms with E-state index in [1.807, 2.05) is 44.2 Å². The van der Waals surface area contributed by atoms with E-state index in [1.165, 1.54) is 12.1 Å². The van der Waals surface area contributed by atoms with Gasteiger partial charge in [0, 0.05) is 42.1 Å². The zero-order chi connectivity index (χ0) is 27.1. The van der Waals surface area contributed by atoms with E-state index in [-0.39, 0.29) is 24.6 Å². The third kappa shape index (κ3) is 7.42. The van der Waals surface area contributed by atoms with E-state index < -0.39 is 11.5 Å². The lowest BCUT2D eigenvalue weighted by Gasteiger charge is -2.38. The van der Waals surface area contributed by atoms with Crippen molar-refractivity contribution in [3.05, 3.63) is 94.3 Å². The zero-order valence-electron chi connectivity index (χ0n) is 22.0.